The summed E-state index contributed by atoms with van der Waals surface area (Å²) in [4.78, 5) is 14.7. The predicted molar refractivity (Wildman–Crippen MR) is 95.2 cm³/mol. The summed E-state index contributed by atoms with van der Waals surface area (Å²) in [6, 6.07) is 6.23. The molecule has 0 saturated carbocycles. The van der Waals surface area contributed by atoms with Crippen LogP contribution in [0.3, 0.4) is 0 Å². The standard InChI is InChI=1S/C18H24N2O2.ClH/c1-11-5-4-6-15-12(2)17(22-16(11)15)18(21)20-9-7-14(8-10-20)13(3)19;/h4-6,13-14H,7-10,19H2,1-3H3;1H. The molecule has 1 saturated heterocycles. The minimum absolute atomic E-state index is 0. The molecule has 1 aliphatic heterocycles. The highest BCUT2D eigenvalue weighted by Gasteiger charge is 2.28. The van der Waals surface area contributed by atoms with Crippen LogP contribution in [-0.2, 0) is 0 Å². The van der Waals surface area contributed by atoms with Crippen molar-refractivity contribution < 1.29 is 9.21 Å². The maximum atomic E-state index is 12.8. The third-order valence-corrected chi connectivity index (χ3v) is 4.93. The molecule has 1 amide bonds. The highest BCUT2D eigenvalue weighted by molar-refractivity contribution is 5.99. The van der Waals surface area contributed by atoms with Crippen LogP contribution in [0.4, 0.5) is 0 Å². The maximum Gasteiger partial charge on any atom is 0.289 e. The van der Waals surface area contributed by atoms with E-state index in [1.165, 1.54) is 0 Å². The zero-order chi connectivity index (χ0) is 15.9. The van der Waals surface area contributed by atoms with Gasteiger partial charge < -0.3 is 15.1 Å². The molecule has 2 N–H and O–H groups in total. The van der Waals surface area contributed by atoms with Gasteiger partial charge in [-0.1, -0.05) is 18.2 Å². The topological polar surface area (TPSA) is 59.5 Å². The lowest BCUT2D eigenvalue weighted by Gasteiger charge is -2.33. The molecule has 23 heavy (non-hydrogen) atoms. The molecule has 126 valence electrons. The number of carbonyl (C=O) groups is 1. The van der Waals surface area contributed by atoms with Crippen LogP contribution in [0, 0.1) is 19.8 Å². The number of aryl methyl sites for hydroxylation is 2. The van der Waals surface area contributed by atoms with Crippen LogP contribution >= 0.6 is 12.4 Å². The van der Waals surface area contributed by atoms with Gasteiger partial charge in [-0.15, -0.1) is 12.4 Å². The van der Waals surface area contributed by atoms with E-state index >= 15 is 0 Å². The van der Waals surface area contributed by atoms with Crippen LogP contribution < -0.4 is 5.73 Å². The lowest BCUT2D eigenvalue weighted by atomic mass is 9.91. The van der Waals surface area contributed by atoms with Gasteiger partial charge in [0.15, 0.2) is 5.76 Å². The van der Waals surface area contributed by atoms with Crippen molar-refractivity contribution >= 4 is 29.3 Å². The zero-order valence-electron chi connectivity index (χ0n) is 14.0. The van der Waals surface area contributed by atoms with E-state index in [0.717, 1.165) is 48.0 Å². The molecule has 1 aromatic carbocycles. The molecule has 1 unspecified atom stereocenters. The number of likely N-dealkylation sites (tertiary alicyclic amines) is 1. The van der Waals surface area contributed by atoms with Crippen LogP contribution in [0.5, 0.6) is 0 Å². The second-order valence-electron chi connectivity index (χ2n) is 6.50. The number of amides is 1. The van der Waals surface area contributed by atoms with Gasteiger partial charge in [-0.05, 0) is 45.1 Å². The number of fused-ring (bicyclic) bond motifs is 1. The quantitative estimate of drug-likeness (QED) is 0.910. The van der Waals surface area contributed by atoms with Crippen molar-refractivity contribution in [3.63, 3.8) is 0 Å². The number of hydrogen-bond donors (Lipinski definition) is 1. The van der Waals surface area contributed by atoms with Crippen LogP contribution in [0.2, 0.25) is 0 Å². The van der Waals surface area contributed by atoms with Gasteiger partial charge in [0.2, 0.25) is 0 Å². The molecule has 2 heterocycles. The Morgan fingerprint density at radius 1 is 1.30 bits per heavy atom. The molecule has 4 nitrogen and oxygen atoms in total. The number of nitrogens with zero attached hydrogens (tertiary/aromatic N) is 1. The molecule has 3 rings (SSSR count). The summed E-state index contributed by atoms with van der Waals surface area (Å²) < 4.78 is 5.90. The summed E-state index contributed by atoms with van der Waals surface area (Å²) in [6.45, 7) is 7.55. The Morgan fingerprint density at radius 2 is 1.96 bits per heavy atom. The maximum absolute atomic E-state index is 12.8. The first-order valence-electron chi connectivity index (χ1n) is 8.02. The number of hydrogen-bond acceptors (Lipinski definition) is 3. The van der Waals surface area contributed by atoms with Crippen molar-refractivity contribution in [2.45, 2.75) is 39.7 Å². The van der Waals surface area contributed by atoms with Gasteiger partial charge in [0.1, 0.15) is 5.58 Å². The van der Waals surface area contributed by atoms with E-state index < -0.39 is 0 Å². The van der Waals surface area contributed by atoms with E-state index in [0.29, 0.717) is 11.7 Å². The molecule has 5 heteroatoms. The fourth-order valence-electron chi connectivity index (χ4n) is 3.36. The lowest BCUT2D eigenvalue weighted by Crippen LogP contribution is -2.42. The Bertz CT molecular complexity index is 700. The van der Waals surface area contributed by atoms with Gasteiger partial charge in [0.25, 0.3) is 5.91 Å². The minimum atomic E-state index is 0. The van der Waals surface area contributed by atoms with Crippen molar-refractivity contribution in [3.8, 4) is 0 Å². The highest BCUT2D eigenvalue weighted by atomic mass is 35.5. The SMILES string of the molecule is Cc1c(C(=O)N2CCC(C(C)N)CC2)oc2c(C)cccc12.Cl. The van der Waals surface area contributed by atoms with E-state index in [9.17, 15) is 4.79 Å². The molecular formula is C18H25ClN2O2. The van der Waals surface area contributed by atoms with E-state index in [-0.39, 0.29) is 24.4 Å². The average molecular weight is 337 g/mol. The van der Waals surface area contributed by atoms with Gasteiger partial charge in [-0.2, -0.15) is 0 Å². The molecule has 1 fully saturated rings. The number of carbonyl (C=O) groups excluding carboxylic acids is 1. The molecule has 1 atom stereocenters. The summed E-state index contributed by atoms with van der Waals surface area (Å²) in [5.41, 5.74) is 8.80. The molecule has 0 aliphatic carbocycles. The van der Waals surface area contributed by atoms with Crippen LogP contribution in [0.1, 0.15) is 41.4 Å². The molecule has 2 aromatic rings. The first-order chi connectivity index (χ1) is 10.5. The second-order valence-corrected chi connectivity index (χ2v) is 6.50. The Balaban J connectivity index is 0.00000192. The summed E-state index contributed by atoms with van der Waals surface area (Å²) >= 11 is 0. The fourth-order valence-corrected chi connectivity index (χ4v) is 3.36. The Hall–Kier alpha value is -1.52. The van der Waals surface area contributed by atoms with Crippen LogP contribution in [0.25, 0.3) is 11.0 Å². The molecule has 1 aliphatic rings. The molecule has 0 bridgehead atoms. The summed E-state index contributed by atoms with van der Waals surface area (Å²) in [6.07, 6.45) is 1.95. The highest BCUT2D eigenvalue weighted by Crippen LogP contribution is 2.29. The molecule has 0 spiro atoms. The van der Waals surface area contributed by atoms with E-state index in [1.54, 1.807) is 0 Å². The van der Waals surface area contributed by atoms with E-state index in [2.05, 4.69) is 0 Å². The first kappa shape index (κ1) is 17.8. The minimum Gasteiger partial charge on any atom is -0.450 e. The van der Waals surface area contributed by atoms with Crippen molar-refractivity contribution in [2.75, 3.05) is 13.1 Å². The van der Waals surface area contributed by atoms with Crippen molar-refractivity contribution in [1.82, 2.24) is 4.90 Å². The number of para-hydroxylation sites is 1. The van der Waals surface area contributed by atoms with Gasteiger partial charge in [0.05, 0.1) is 0 Å². The third-order valence-electron chi connectivity index (χ3n) is 4.93. The van der Waals surface area contributed by atoms with Gasteiger partial charge >= 0.3 is 0 Å². The number of rotatable bonds is 2. The number of piperidine rings is 1. The number of benzene rings is 1. The van der Waals surface area contributed by atoms with E-state index in [1.807, 2.05) is 43.9 Å². The first-order valence-corrected chi connectivity index (χ1v) is 8.02. The second kappa shape index (κ2) is 6.93. The lowest BCUT2D eigenvalue weighted by molar-refractivity contribution is 0.0650. The Morgan fingerprint density at radius 3 is 2.52 bits per heavy atom. The third kappa shape index (κ3) is 3.24. The normalized spacial score (nSPS) is 17.1. The Labute approximate surface area is 143 Å². The average Bonchev–Trinajstić information content (AvgIpc) is 2.85. The zero-order valence-corrected chi connectivity index (χ0v) is 14.8. The predicted octanol–water partition coefficient (Wildman–Crippen LogP) is 3.67. The number of furan rings is 1. The summed E-state index contributed by atoms with van der Waals surface area (Å²) in [5, 5.41) is 1.04. The van der Waals surface area contributed by atoms with E-state index in [4.69, 9.17) is 10.2 Å². The molecular weight excluding hydrogens is 312 g/mol. The Kier molecular flexibility index (Phi) is 5.37. The van der Waals surface area contributed by atoms with Gasteiger partial charge in [0, 0.05) is 30.1 Å². The summed E-state index contributed by atoms with van der Waals surface area (Å²) in [7, 11) is 0. The molecule has 1 aromatic heterocycles. The fraction of sp³-hybridized carbons (Fsp3) is 0.500. The largest absolute Gasteiger partial charge is 0.450 e. The number of halogens is 1. The van der Waals surface area contributed by atoms with Crippen LogP contribution in [0.15, 0.2) is 22.6 Å². The van der Waals surface area contributed by atoms with Gasteiger partial charge in [-0.25, -0.2) is 0 Å². The smallest absolute Gasteiger partial charge is 0.289 e. The van der Waals surface area contributed by atoms with Crippen molar-refractivity contribution in [3.05, 3.63) is 35.1 Å². The van der Waals surface area contributed by atoms with Crippen molar-refractivity contribution in [2.24, 2.45) is 11.7 Å². The van der Waals surface area contributed by atoms with Crippen LogP contribution in [-0.4, -0.2) is 29.9 Å². The van der Waals surface area contributed by atoms with Gasteiger partial charge in [-0.3, -0.25) is 4.79 Å². The number of nitrogens with two attached hydrogens (primary N) is 1. The molecule has 0 radical (unpaired) electrons. The summed E-state index contributed by atoms with van der Waals surface area (Å²) in [5.74, 6) is 1.02. The van der Waals surface area contributed by atoms with Crippen molar-refractivity contribution in [1.29, 1.82) is 0 Å². The monoisotopic (exact) mass is 336 g/mol.